The van der Waals surface area contributed by atoms with Gasteiger partial charge in [0.1, 0.15) is 0 Å². The van der Waals surface area contributed by atoms with Gasteiger partial charge >= 0.3 is 0 Å². The molecule has 1 saturated carbocycles. The maximum Gasteiger partial charge on any atom is 0.191 e. The standard InChI is InChI=1S/C18H33N3O.HI/c1-19-17(20-13-9-16-7-4-3-5-8-16)21-15-18(10-6-11-18)12-14-22-2;/h7H,3-6,8-15H2,1-2H3,(H2,19,20,21);1H. The average molecular weight is 435 g/mol. The van der Waals surface area contributed by atoms with Crippen LogP contribution in [-0.4, -0.2) is 39.8 Å². The molecular weight excluding hydrogens is 401 g/mol. The van der Waals surface area contributed by atoms with Gasteiger partial charge in [-0.25, -0.2) is 0 Å². The third-order valence-electron chi connectivity index (χ3n) is 5.23. The van der Waals surface area contributed by atoms with Crippen LogP contribution >= 0.6 is 24.0 Å². The van der Waals surface area contributed by atoms with Crippen molar-refractivity contribution < 1.29 is 4.74 Å². The minimum atomic E-state index is 0. The van der Waals surface area contributed by atoms with E-state index in [4.69, 9.17) is 4.74 Å². The number of ether oxygens (including phenoxy) is 1. The lowest BCUT2D eigenvalue weighted by Crippen LogP contribution is -2.47. The number of rotatable bonds is 8. The molecule has 2 N–H and O–H groups in total. The molecule has 0 unspecified atom stereocenters. The number of halogens is 1. The number of methoxy groups -OCH3 is 1. The van der Waals surface area contributed by atoms with E-state index >= 15 is 0 Å². The Morgan fingerprint density at radius 3 is 2.65 bits per heavy atom. The molecule has 0 aromatic rings. The zero-order valence-corrected chi connectivity index (χ0v) is 17.2. The number of hydrogen-bond acceptors (Lipinski definition) is 2. The summed E-state index contributed by atoms with van der Waals surface area (Å²) < 4.78 is 5.26. The predicted molar refractivity (Wildman–Crippen MR) is 109 cm³/mol. The second-order valence-electron chi connectivity index (χ2n) is 6.81. The number of nitrogens with zero attached hydrogens (tertiary/aromatic N) is 1. The quantitative estimate of drug-likeness (QED) is 0.263. The molecule has 0 aromatic heterocycles. The number of allylic oxidation sites excluding steroid dienone is 1. The molecule has 2 rings (SSSR count). The summed E-state index contributed by atoms with van der Waals surface area (Å²) in [6, 6.07) is 0. The van der Waals surface area contributed by atoms with Crippen molar-refractivity contribution in [1.82, 2.24) is 10.6 Å². The van der Waals surface area contributed by atoms with E-state index in [0.717, 1.165) is 38.5 Å². The van der Waals surface area contributed by atoms with Crippen LogP contribution < -0.4 is 10.6 Å². The number of aliphatic imine (C=N–C) groups is 1. The Hall–Kier alpha value is -0.300. The third kappa shape index (κ3) is 6.99. The summed E-state index contributed by atoms with van der Waals surface area (Å²) in [7, 11) is 3.65. The van der Waals surface area contributed by atoms with Crippen molar-refractivity contribution in [1.29, 1.82) is 0 Å². The van der Waals surface area contributed by atoms with E-state index < -0.39 is 0 Å². The summed E-state index contributed by atoms with van der Waals surface area (Å²) in [6.45, 7) is 2.86. The first-order valence-electron chi connectivity index (χ1n) is 8.89. The molecule has 5 heteroatoms. The Bertz CT molecular complexity index is 392. The highest BCUT2D eigenvalue weighted by molar-refractivity contribution is 14.0. The van der Waals surface area contributed by atoms with E-state index in [0.29, 0.717) is 5.41 Å². The predicted octanol–water partition coefficient (Wildman–Crippen LogP) is 3.87. The highest BCUT2D eigenvalue weighted by Gasteiger charge is 2.36. The fourth-order valence-electron chi connectivity index (χ4n) is 3.48. The normalized spacial score (nSPS) is 20.1. The molecule has 4 nitrogen and oxygen atoms in total. The van der Waals surface area contributed by atoms with Crippen LogP contribution in [0.3, 0.4) is 0 Å². The van der Waals surface area contributed by atoms with E-state index in [9.17, 15) is 0 Å². The van der Waals surface area contributed by atoms with Crippen molar-refractivity contribution in [2.75, 3.05) is 33.9 Å². The fourth-order valence-corrected chi connectivity index (χ4v) is 3.48. The maximum atomic E-state index is 5.26. The Morgan fingerprint density at radius 2 is 2.09 bits per heavy atom. The molecule has 0 atom stereocenters. The number of guanidine groups is 1. The summed E-state index contributed by atoms with van der Waals surface area (Å²) in [5.74, 6) is 0.945. The van der Waals surface area contributed by atoms with Gasteiger partial charge in [-0.3, -0.25) is 4.99 Å². The first kappa shape index (κ1) is 20.7. The highest BCUT2D eigenvalue weighted by atomic mass is 127. The molecule has 0 radical (unpaired) electrons. The van der Waals surface area contributed by atoms with Gasteiger partial charge in [-0.05, 0) is 56.8 Å². The molecule has 0 heterocycles. The maximum absolute atomic E-state index is 5.26. The minimum Gasteiger partial charge on any atom is -0.385 e. The second-order valence-corrected chi connectivity index (χ2v) is 6.81. The molecule has 0 spiro atoms. The van der Waals surface area contributed by atoms with Crippen LogP contribution in [0.25, 0.3) is 0 Å². The first-order valence-corrected chi connectivity index (χ1v) is 8.89. The SMILES string of the molecule is CN=C(NCCC1=CCCCC1)NCC1(CCOC)CCC1.I. The largest absolute Gasteiger partial charge is 0.385 e. The number of nitrogens with one attached hydrogen (secondary N) is 2. The lowest BCUT2D eigenvalue weighted by atomic mass is 9.67. The molecule has 2 aliphatic rings. The lowest BCUT2D eigenvalue weighted by molar-refractivity contribution is 0.0732. The van der Waals surface area contributed by atoms with Gasteiger partial charge in [0, 0.05) is 33.9 Å². The van der Waals surface area contributed by atoms with Crippen molar-refractivity contribution in [3.8, 4) is 0 Å². The van der Waals surface area contributed by atoms with Crippen LogP contribution in [0.2, 0.25) is 0 Å². The van der Waals surface area contributed by atoms with Crippen molar-refractivity contribution in [2.24, 2.45) is 10.4 Å². The van der Waals surface area contributed by atoms with Gasteiger partial charge in [0.15, 0.2) is 5.96 Å². The third-order valence-corrected chi connectivity index (χ3v) is 5.23. The van der Waals surface area contributed by atoms with Crippen LogP contribution in [0.1, 0.15) is 57.8 Å². The first-order chi connectivity index (χ1) is 10.8. The summed E-state index contributed by atoms with van der Waals surface area (Å²) >= 11 is 0. The molecule has 2 aliphatic carbocycles. The van der Waals surface area contributed by atoms with Crippen LogP contribution in [0.15, 0.2) is 16.6 Å². The molecule has 0 amide bonds. The van der Waals surface area contributed by atoms with Crippen molar-refractivity contribution in [2.45, 2.75) is 57.8 Å². The molecule has 0 bridgehead atoms. The van der Waals surface area contributed by atoms with Gasteiger partial charge in [0.05, 0.1) is 0 Å². The lowest BCUT2D eigenvalue weighted by Gasteiger charge is -2.42. The Morgan fingerprint density at radius 1 is 1.26 bits per heavy atom. The van der Waals surface area contributed by atoms with Crippen LogP contribution in [0.4, 0.5) is 0 Å². The Balaban J connectivity index is 0.00000264. The van der Waals surface area contributed by atoms with E-state index in [2.05, 4.69) is 21.7 Å². The molecule has 134 valence electrons. The second kappa shape index (κ2) is 11.3. The van der Waals surface area contributed by atoms with Crippen LogP contribution in [0, 0.1) is 5.41 Å². The minimum absolute atomic E-state index is 0. The zero-order chi connectivity index (χ0) is 15.7. The Labute approximate surface area is 158 Å². The molecule has 23 heavy (non-hydrogen) atoms. The summed E-state index contributed by atoms with van der Waals surface area (Å²) in [5, 5.41) is 6.98. The summed E-state index contributed by atoms with van der Waals surface area (Å²) in [6.07, 6.45) is 14.0. The van der Waals surface area contributed by atoms with Gasteiger partial charge in [0.2, 0.25) is 0 Å². The van der Waals surface area contributed by atoms with Crippen molar-refractivity contribution >= 4 is 29.9 Å². The highest BCUT2D eigenvalue weighted by Crippen LogP contribution is 2.43. The Kier molecular flexibility index (Phi) is 10.2. The van der Waals surface area contributed by atoms with E-state index in [1.807, 2.05) is 7.05 Å². The monoisotopic (exact) mass is 435 g/mol. The van der Waals surface area contributed by atoms with Gasteiger partial charge < -0.3 is 15.4 Å². The number of hydrogen-bond donors (Lipinski definition) is 2. The topological polar surface area (TPSA) is 45.7 Å². The molecule has 1 fully saturated rings. The van der Waals surface area contributed by atoms with Gasteiger partial charge in [-0.1, -0.05) is 18.1 Å². The van der Waals surface area contributed by atoms with Crippen LogP contribution in [0.5, 0.6) is 0 Å². The van der Waals surface area contributed by atoms with Crippen molar-refractivity contribution in [3.05, 3.63) is 11.6 Å². The molecular formula is C18H34IN3O. The van der Waals surface area contributed by atoms with E-state index in [1.165, 1.54) is 44.9 Å². The van der Waals surface area contributed by atoms with Crippen molar-refractivity contribution in [3.63, 3.8) is 0 Å². The van der Waals surface area contributed by atoms with E-state index in [-0.39, 0.29) is 24.0 Å². The van der Waals surface area contributed by atoms with E-state index in [1.54, 1.807) is 12.7 Å². The zero-order valence-electron chi connectivity index (χ0n) is 14.8. The summed E-state index contributed by atoms with van der Waals surface area (Å²) in [4.78, 5) is 4.36. The van der Waals surface area contributed by atoms with Gasteiger partial charge in [-0.2, -0.15) is 0 Å². The molecule has 0 aliphatic heterocycles. The van der Waals surface area contributed by atoms with Gasteiger partial charge in [0.25, 0.3) is 0 Å². The summed E-state index contributed by atoms with van der Waals surface area (Å²) in [5.41, 5.74) is 2.05. The smallest absolute Gasteiger partial charge is 0.191 e. The molecule has 0 aromatic carbocycles. The molecule has 0 saturated heterocycles. The average Bonchev–Trinajstić information content (AvgIpc) is 2.52. The van der Waals surface area contributed by atoms with Crippen LogP contribution in [-0.2, 0) is 4.74 Å². The fraction of sp³-hybridized carbons (Fsp3) is 0.833. The van der Waals surface area contributed by atoms with Gasteiger partial charge in [-0.15, -0.1) is 24.0 Å².